The van der Waals surface area contributed by atoms with Crippen LogP contribution in [0.15, 0.2) is 30.6 Å². The third-order valence-electron chi connectivity index (χ3n) is 2.46. The summed E-state index contributed by atoms with van der Waals surface area (Å²) >= 11 is 0. The highest BCUT2D eigenvalue weighted by Crippen LogP contribution is 2.18. The smallest absolute Gasteiger partial charge is 0.159 e. The number of aryl methyl sites for hydroxylation is 1. The van der Waals surface area contributed by atoms with Crippen molar-refractivity contribution in [3.8, 4) is 17.5 Å². The highest BCUT2D eigenvalue weighted by atomic mass is 19.1. The lowest BCUT2D eigenvalue weighted by Crippen LogP contribution is -1.93. The van der Waals surface area contributed by atoms with E-state index in [-0.39, 0.29) is 5.56 Å². The van der Waals surface area contributed by atoms with Crippen LogP contribution in [0.1, 0.15) is 18.1 Å². The van der Waals surface area contributed by atoms with Gasteiger partial charge < -0.3 is 0 Å². The molecule has 0 aliphatic heterocycles. The quantitative estimate of drug-likeness (QED) is 0.792. The van der Waals surface area contributed by atoms with Crippen LogP contribution in [0.2, 0.25) is 0 Å². The molecule has 0 amide bonds. The number of hydrogen-bond acceptors (Lipinski definition) is 3. The molecule has 0 atom stereocenters. The van der Waals surface area contributed by atoms with Gasteiger partial charge in [-0.3, -0.25) is 0 Å². The van der Waals surface area contributed by atoms with Crippen molar-refractivity contribution in [1.82, 2.24) is 9.97 Å². The van der Waals surface area contributed by atoms with Crippen LogP contribution in [-0.2, 0) is 6.42 Å². The predicted molar refractivity (Wildman–Crippen MR) is 61.5 cm³/mol. The van der Waals surface area contributed by atoms with Crippen LogP contribution in [0.5, 0.6) is 0 Å². The maximum atomic E-state index is 13.4. The van der Waals surface area contributed by atoms with Crippen molar-refractivity contribution in [3.63, 3.8) is 0 Å². The van der Waals surface area contributed by atoms with Crippen LogP contribution < -0.4 is 0 Å². The van der Waals surface area contributed by atoms with E-state index < -0.39 is 5.82 Å². The van der Waals surface area contributed by atoms with E-state index in [0.717, 1.165) is 12.0 Å². The minimum atomic E-state index is -0.548. The number of hydrogen-bond donors (Lipinski definition) is 0. The summed E-state index contributed by atoms with van der Waals surface area (Å²) in [6.07, 6.45) is 4.30. The molecule has 1 aromatic heterocycles. The molecule has 0 saturated heterocycles. The summed E-state index contributed by atoms with van der Waals surface area (Å²) in [5, 5.41) is 8.63. The average Bonchev–Trinajstić information content (AvgIpc) is 2.39. The average molecular weight is 227 g/mol. The number of rotatable bonds is 2. The molecule has 0 aliphatic rings. The lowest BCUT2D eigenvalue weighted by molar-refractivity contribution is 0.624. The maximum Gasteiger partial charge on any atom is 0.159 e. The van der Waals surface area contributed by atoms with Crippen molar-refractivity contribution in [3.05, 3.63) is 47.5 Å². The van der Waals surface area contributed by atoms with Crippen LogP contribution in [0.25, 0.3) is 11.4 Å². The molecular formula is C13H10FN3. The second-order valence-corrected chi connectivity index (χ2v) is 3.57. The van der Waals surface area contributed by atoms with Crippen molar-refractivity contribution in [2.45, 2.75) is 13.3 Å². The summed E-state index contributed by atoms with van der Waals surface area (Å²) in [6, 6.07) is 6.13. The van der Waals surface area contributed by atoms with Gasteiger partial charge in [0.25, 0.3) is 0 Å². The normalized spacial score (nSPS) is 9.94. The number of benzene rings is 1. The molecule has 4 heteroatoms. The van der Waals surface area contributed by atoms with Gasteiger partial charge in [-0.15, -0.1) is 0 Å². The SMILES string of the molecule is CCc1cnc(-c2ccc(C#N)c(F)c2)nc1. The summed E-state index contributed by atoms with van der Waals surface area (Å²) in [5.74, 6) is -0.0845. The molecule has 0 radical (unpaired) electrons. The van der Waals surface area contributed by atoms with Crippen LogP contribution in [0, 0.1) is 17.1 Å². The molecule has 84 valence electrons. The Morgan fingerprint density at radius 1 is 1.29 bits per heavy atom. The first-order valence-electron chi connectivity index (χ1n) is 5.25. The van der Waals surface area contributed by atoms with Crippen molar-refractivity contribution in [1.29, 1.82) is 5.26 Å². The molecule has 1 aromatic carbocycles. The monoisotopic (exact) mass is 227 g/mol. The van der Waals surface area contributed by atoms with Crippen LogP contribution in [0.4, 0.5) is 4.39 Å². The van der Waals surface area contributed by atoms with E-state index in [0.29, 0.717) is 11.4 Å². The predicted octanol–water partition coefficient (Wildman–Crippen LogP) is 2.72. The Balaban J connectivity index is 2.40. The van der Waals surface area contributed by atoms with Crippen molar-refractivity contribution >= 4 is 0 Å². The van der Waals surface area contributed by atoms with E-state index in [1.54, 1.807) is 24.5 Å². The molecule has 0 unspecified atom stereocenters. The molecule has 0 saturated carbocycles. The van der Waals surface area contributed by atoms with Gasteiger partial charge in [-0.1, -0.05) is 6.92 Å². The van der Waals surface area contributed by atoms with E-state index >= 15 is 0 Å². The van der Waals surface area contributed by atoms with Gasteiger partial charge in [0, 0.05) is 18.0 Å². The van der Waals surface area contributed by atoms with E-state index in [1.807, 2.05) is 6.92 Å². The standard InChI is InChI=1S/C13H10FN3/c1-2-9-7-16-13(17-8-9)10-3-4-11(6-15)12(14)5-10/h3-5,7-8H,2H2,1H3. The Bertz CT molecular complexity index is 570. The van der Waals surface area contributed by atoms with E-state index in [1.165, 1.54) is 12.1 Å². The zero-order chi connectivity index (χ0) is 12.3. The van der Waals surface area contributed by atoms with Gasteiger partial charge in [-0.2, -0.15) is 5.26 Å². The van der Waals surface area contributed by atoms with Gasteiger partial charge in [0.1, 0.15) is 11.9 Å². The molecule has 3 nitrogen and oxygen atoms in total. The minimum Gasteiger partial charge on any atom is -0.236 e. The van der Waals surface area contributed by atoms with Gasteiger partial charge >= 0.3 is 0 Å². The van der Waals surface area contributed by atoms with Crippen LogP contribution in [0.3, 0.4) is 0 Å². The lowest BCUT2D eigenvalue weighted by Gasteiger charge is -2.02. The van der Waals surface area contributed by atoms with Crippen LogP contribution in [-0.4, -0.2) is 9.97 Å². The van der Waals surface area contributed by atoms with E-state index in [9.17, 15) is 4.39 Å². The molecule has 17 heavy (non-hydrogen) atoms. The fourth-order valence-electron chi connectivity index (χ4n) is 1.43. The van der Waals surface area contributed by atoms with Gasteiger partial charge in [0.15, 0.2) is 5.82 Å². The highest BCUT2D eigenvalue weighted by molar-refractivity contribution is 5.56. The first kappa shape index (κ1) is 11.2. The number of aromatic nitrogens is 2. The van der Waals surface area contributed by atoms with Crippen molar-refractivity contribution in [2.75, 3.05) is 0 Å². The molecule has 1 heterocycles. The summed E-state index contributed by atoms with van der Waals surface area (Å²) < 4.78 is 13.4. The molecule has 2 rings (SSSR count). The maximum absolute atomic E-state index is 13.4. The molecule has 0 aliphatic carbocycles. The molecule has 0 fully saturated rings. The first-order valence-corrected chi connectivity index (χ1v) is 5.25. The lowest BCUT2D eigenvalue weighted by atomic mass is 10.1. The Hall–Kier alpha value is -2.28. The fourth-order valence-corrected chi connectivity index (χ4v) is 1.43. The van der Waals surface area contributed by atoms with Gasteiger partial charge in [0.05, 0.1) is 5.56 Å². The summed E-state index contributed by atoms with van der Waals surface area (Å²) in [5.41, 5.74) is 1.63. The van der Waals surface area contributed by atoms with Gasteiger partial charge in [-0.25, -0.2) is 14.4 Å². The number of nitrogens with zero attached hydrogens (tertiary/aromatic N) is 3. The minimum absolute atomic E-state index is 0.0268. The molecule has 0 N–H and O–H groups in total. The second-order valence-electron chi connectivity index (χ2n) is 3.57. The molecule has 0 spiro atoms. The molecular weight excluding hydrogens is 217 g/mol. The zero-order valence-corrected chi connectivity index (χ0v) is 9.31. The topological polar surface area (TPSA) is 49.6 Å². The van der Waals surface area contributed by atoms with Gasteiger partial charge in [0.2, 0.25) is 0 Å². The van der Waals surface area contributed by atoms with Gasteiger partial charge in [-0.05, 0) is 30.2 Å². The Morgan fingerprint density at radius 3 is 2.53 bits per heavy atom. The molecule has 2 aromatic rings. The van der Waals surface area contributed by atoms with Crippen molar-refractivity contribution < 1.29 is 4.39 Å². The van der Waals surface area contributed by atoms with Crippen LogP contribution >= 0.6 is 0 Å². The van der Waals surface area contributed by atoms with E-state index in [2.05, 4.69) is 9.97 Å². The summed E-state index contributed by atoms with van der Waals surface area (Å²) in [7, 11) is 0. The number of halogens is 1. The Labute approximate surface area is 98.6 Å². The Morgan fingerprint density at radius 2 is 2.00 bits per heavy atom. The first-order chi connectivity index (χ1) is 8.24. The summed E-state index contributed by atoms with van der Waals surface area (Å²) in [4.78, 5) is 8.31. The third kappa shape index (κ3) is 2.28. The zero-order valence-electron chi connectivity index (χ0n) is 9.31. The highest BCUT2D eigenvalue weighted by Gasteiger charge is 2.06. The fraction of sp³-hybridized carbons (Fsp3) is 0.154. The summed E-state index contributed by atoms with van der Waals surface area (Å²) in [6.45, 7) is 2.01. The number of nitriles is 1. The largest absolute Gasteiger partial charge is 0.236 e. The van der Waals surface area contributed by atoms with Crippen molar-refractivity contribution in [2.24, 2.45) is 0 Å². The Kier molecular flexibility index (Phi) is 3.10. The molecule has 0 bridgehead atoms. The third-order valence-corrected chi connectivity index (χ3v) is 2.46. The van der Waals surface area contributed by atoms with E-state index in [4.69, 9.17) is 5.26 Å². The second kappa shape index (κ2) is 4.71.